The SMILES string of the molecule is CCC1N=c2c(cccc2=CC=C2SC(=S)N(CC)C2=O)O1. The molecule has 2 aliphatic rings. The van der Waals surface area contributed by atoms with Crippen molar-refractivity contribution in [2.24, 2.45) is 4.99 Å². The summed E-state index contributed by atoms with van der Waals surface area (Å²) in [7, 11) is 0. The minimum Gasteiger partial charge on any atom is -0.466 e. The van der Waals surface area contributed by atoms with E-state index in [-0.39, 0.29) is 12.1 Å². The van der Waals surface area contributed by atoms with E-state index in [4.69, 9.17) is 17.0 Å². The minimum absolute atomic E-state index is 0.0269. The first-order chi connectivity index (χ1) is 10.6. The van der Waals surface area contributed by atoms with Crippen molar-refractivity contribution >= 4 is 40.3 Å². The molecule has 6 heteroatoms. The van der Waals surface area contributed by atoms with Crippen molar-refractivity contribution in [3.63, 3.8) is 0 Å². The van der Waals surface area contributed by atoms with Crippen LogP contribution in [0.3, 0.4) is 0 Å². The lowest BCUT2D eigenvalue weighted by atomic mass is 10.2. The molecule has 1 unspecified atom stereocenters. The summed E-state index contributed by atoms with van der Waals surface area (Å²) in [6.45, 7) is 4.56. The Morgan fingerprint density at radius 3 is 2.91 bits per heavy atom. The number of nitrogens with zero attached hydrogens (tertiary/aromatic N) is 2. The third-order valence-electron chi connectivity index (χ3n) is 3.52. The highest BCUT2D eigenvalue weighted by atomic mass is 32.2. The van der Waals surface area contributed by atoms with Gasteiger partial charge in [0.15, 0.2) is 6.23 Å². The maximum Gasteiger partial charge on any atom is 0.266 e. The molecule has 114 valence electrons. The standard InChI is InChI=1S/C16H16N2O2S2/c1-3-13-17-14-10(6-5-7-11(14)20-13)8-9-12-15(19)18(4-2)16(21)22-12/h5-9,13H,3-4H2,1-2H3. The number of hydrogen-bond donors (Lipinski definition) is 0. The molecule has 0 saturated carbocycles. The van der Waals surface area contributed by atoms with E-state index in [9.17, 15) is 4.79 Å². The maximum absolute atomic E-state index is 12.2. The molecule has 0 aliphatic carbocycles. The van der Waals surface area contributed by atoms with Crippen LogP contribution in [0.25, 0.3) is 6.08 Å². The van der Waals surface area contributed by atoms with Crippen LogP contribution in [0.5, 0.6) is 5.75 Å². The normalized spacial score (nSPS) is 23.0. The van der Waals surface area contributed by atoms with E-state index in [1.807, 2.05) is 44.2 Å². The molecular weight excluding hydrogens is 316 g/mol. The van der Waals surface area contributed by atoms with Gasteiger partial charge < -0.3 is 4.74 Å². The first kappa shape index (κ1) is 15.2. The molecule has 0 N–H and O–H groups in total. The summed E-state index contributed by atoms with van der Waals surface area (Å²) in [4.78, 5) is 19.0. The number of ether oxygens (including phenoxy) is 1. The third-order valence-corrected chi connectivity index (χ3v) is 4.92. The lowest BCUT2D eigenvalue weighted by molar-refractivity contribution is -0.122. The molecule has 1 aromatic rings. The van der Waals surface area contributed by atoms with Gasteiger partial charge >= 0.3 is 0 Å². The van der Waals surface area contributed by atoms with Crippen LogP contribution in [0.15, 0.2) is 34.2 Å². The number of thioether (sulfide) groups is 1. The fourth-order valence-electron chi connectivity index (χ4n) is 2.35. The fraction of sp³-hybridized carbons (Fsp3) is 0.312. The number of benzene rings is 1. The largest absolute Gasteiger partial charge is 0.466 e. The van der Waals surface area contributed by atoms with Gasteiger partial charge in [-0.25, -0.2) is 4.99 Å². The van der Waals surface area contributed by atoms with Crippen LogP contribution in [0.1, 0.15) is 20.3 Å². The third kappa shape index (κ3) is 2.68. The molecule has 1 atom stereocenters. The summed E-state index contributed by atoms with van der Waals surface area (Å²) in [5.74, 6) is 0.774. The number of likely N-dealkylation sites (N-methyl/N-ethyl adjacent to an activating group) is 1. The van der Waals surface area contributed by atoms with Gasteiger partial charge in [-0.05, 0) is 19.1 Å². The molecule has 1 saturated heterocycles. The van der Waals surface area contributed by atoms with Crippen molar-refractivity contribution in [1.82, 2.24) is 4.90 Å². The van der Waals surface area contributed by atoms with Gasteiger partial charge in [0, 0.05) is 18.2 Å². The number of para-hydroxylation sites is 1. The smallest absolute Gasteiger partial charge is 0.266 e. The molecule has 2 aliphatic heterocycles. The number of allylic oxidation sites excluding steroid dienone is 1. The second-order valence-electron chi connectivity index (χ2n) is 4.92. The molecule has 1 fully saturated rings. The van der Waals surface area contributed by atoms with Crippen molar-refractivity contribution in [3.8, 4) is 5.75 Å². The van der Waals surface area contributed by atoms with E-state index in [1.54, 1.807) is 4.90 Å². The molecule has 0 radical (unpaired) electrons. The van der Waals surface area contributed by atoms with Gasteiger partial charge in [0.05, 0.1) is 4.91 Å². The molecule has 2 heterocycles. The Labute approximate surface area is 138 Å². The summed E-state index contributed by atoms with van der Waals surface area (Å²) >= 11 is 6.55. The topological polar surface area (TPSA) is 41.9 Å². The monoisotopic (exact) mass is 332 g/mol. The van der Waals surface area contributed by atoms with Gasteiger partial charge in [-0.3, -0.25) is 9.69 Å². The van der Waals surface area contributed by atoms with Gasteiger partial charge in [0.1, 0.15) is 15.4 Å². The molecule has 0 bridgehead atoms. The van der Waals surface area contributed by atoms with Crippen molar-refractivity contribution < 1.29 is 9.53 Å². The highest BCUT2D eigenvalue weighted by Gasteiger charge is 2.30. The summed E-state index contributed by atoms with van der Waals surface area (Å²) in [5.41, 5.74) is 0. The molecular formula is C16H16N2O2S2. The Morgan fingerprint density at radius 2 is 2.23 bits per heavy atom. The predicted octanol–water partition coefficient (Wildman–Crippen LogP) is 1.98. The van der Waals surface area contributed by atoms with Crippen LogP contribution >= 0.6 is 24.0 Å². The zero-order valence-corrected chi connectivity index (χ0v) is 14.0. The molecule has 4 nitrogen and oxygen atoms in total. The first-order valence-corrected chi connectivity index (χ1v) is 8.45. The molecule has 1 aromatic carbocycles. The molecule has 22 heavy (non-hydrogen) atoms. The lowest BCUT2D eigenvalue weighted by Gasteiger charge is -2.09. The van der Waals surface area contributed by atoms with Crippen LogP contribution < -0.4 is 15.3 Å². The average molecular weight is 332 g/mol. The Hall–Kier alpha value is -1.66. The van der Waals surface area contributed by atoms with E-state index in [2.05, 4.69) is 4.99 Å². The van der Waals surface area contributed by atoms with E-state index >= 15 is 0 Å². The number of carbonyl (C=O) groups excluding carboxylic acids is 1. The second-order valence-corrected chi connectivity index (χ2v) is 6.59. The molecule has 0 spiro atoms. The summed E-state index contributed by atoms with van der Waals surface area (Å²) < 4.78 is 6.35. The van der Waals surface area contributed by atoms with Gasteiger partial charge in [-0.2, -0.15) is 0 Å². The van der Waals surface area contributed by atoms with Crippen molar-refractivity contribution in [1.29, 1.82) is 0 Å². The summed E-state index contributed by atoms with van der Waals surface area (Å²) in [5, 5.41) is 1.81. The number of amides is 1. The number of fused-ring (bicyclic) bond motifs is 1. The Morgan fingerprint density at radius 1 is 1.41 bits per heavy atom. The Kier molecular flexibility index (Phi) is 4.31. The number of hydrogen-bond acceptors (Lipinski definition) is 5. The fourth-order valence-corrected chi connectivity index (χ4v) is 3.68. The summed E-state index contributed by atoms with van der Waals surface area (Å²) in [6, 6.07) is 5.83. The van der Waals surface area contributed by atoms with Gasteiger partial charge in [0.2, 0.25) is 0 Å². The maximum atomic E-state index is 12.2. The van der Waals surface area contributed by atoms with Crippen LogP contribution in [0.4, 0.5) is 0 Å². The second kappa shape index (κ2) is 6.22. The van der Waals surface area contributed by atoms with E-state index < -0.39 is 0 Å². The average Bonchev–Trinajstić information content (AvgIpc) is 3.06. The molecule has 3 rings (SSSR count). The number of carbonyl (C=O) groups is 1. The van der Waals surface area contributed by atoms with Crippen LogP contribution in [-0.2, 0) is 4.79 Å². The van der Waals surface area contributed by atoms with Gasteiger partial charge in [-0.1, -0.05) is 49.1 Å². The first-order valence-electron chi connectivity index (χ1n) is 7.23. The van der Waals surface area contributed by atoms with Crippen LogP contribution in [-0.4, -0.2) is 27.9 Å². The van der Waals surface area contributed by atoms with Crippen molar-refractivity contribution in [3.05, 3.63) is 39.8 Å². The van der Waals surface area contributed by atoms with Gasteiger partial charge in [-0.15, -0.1) is 0 Å². The zero-order chi connectivity index (χ0) is 15.7. The van der Waals surface area contributed by atoms with Crippen molar-refractivity contribution in [2.45, 2.75) is 26.5 Å². The zero-order valence-electron chi connectivity index (χ0n) is 12.4. The van der Waals surface area contributed by atoms with Gasteiger partial charge in [0.25, 0.3) is 5.91 Å². The van der Waals surface area contributed by atoms with Crippen molar-refractivity contribution in [2.75, 3.05) is 6.54 Å². The highest BCUT2D eigenvalue weighted by molar-refractivity contribution is 8.26. The highest BCUT2D eigenvalue weighted by Crippen LogP contribution is 2.30. The van der Waals surface area contributed by atoms with E-state index in [0.29, 0.717) is 15.8 Å². The Bertz CT molecular complexity index is 786. The predicted molar refractivity (Wildman–Crippen MR) is 92.1 cm³/mol. The minimum atomic E-state index is -0.108. The number of thiocarbonyl (C=S) groups is 1. The van der Waals surface area contributed by atoms with E-state index in [0.717, 1.165) is 22.7 Å². The summed E-state index contributed by atoms with van der Waals surface area (Å²) in [6.07, 6.45) is 4.46. The van der Waals surface area contributed by atoms with Crippen LogP contribution in [0, 0.1) is 0 Å². The Balaban J connectivity index is 1.99. The molecule has 0 aromatic heterocycles. The van der Waals surface area contributed by atoms with E-state index in [1.165, 1.54) is 11.8 Å². The van der Waals surface area contributed by atoms with Crippen LogP contribution in [0.2, 0.25) is 0 Å². The quantitative estimate of drug-likeness (QED) is 0.627. The number of rotatable bonds is 3. The molecule has 1 amide bonds. The lowest BCUT2D eigenvalue weighted by Crippen LogP contribution is -2.27.